The summed E-state index contributed by atoms with van der Waals surface area (Å²) >= 11 is 0. The second-order valence-electron chi connectivity index (χ2n) is 6.33. The largest absolute Gasteiger partial charge is 0.371 e. The van der Waals surface area contributed by atoms with Gasteiger partial charge >= 0.3 is 0 Å². The molecular weight excluding hydrogens is 184 g/mol. The van der Waals surface area contributed by atoms with Crippen molar-refractivity contribution in [3.8, 4) is 0 Å². The minimum Gasteiger partial charge on any atom is -0.371 e. The van der Waals surface area contributed by atoms with Crippen LogP contribution in [0, 0.1) is 11.3 Å². The van der Waals surface area contributed by atoms with Gasteiger partial charge in [0, 0.05) is 0 Å². The van der Waals surface area contributed by atoms with E-state index >= 15 is 0 Å². The van der Waals surface area contributed by atoms with Crippen molar-refractivity contribution in [2.24, 2.45) is 11.3 Å². The average Bonchev–Trinajstić information content (AvgIpc) is 2.40. The molecule has 2 unspecified atom stereocenters. The molecule has 0 amide bonds. The molecule has 0 radical (unpaired) electrons. The molecule has 1 saturated heterocycles. The zero-order valence-corrected chi connectivity index (χ0v) is 10.8. The van der Waals surface area contributed by atoms with Crippen LogP contribution in [-0.2, 0) is 4.74 Å². The predicted molar refractivity (Wildman–Crippen MR) is 63.9 cm³/mol. The molecular formula is C14H26O. The minimum absolute atomic E-state index is 0.186. The standard InChI is InChI=1S/C14H26O/c1-5-6-7-12-13(3)9-8-11(2)14(4,10-13)15-12/h11-12H,5-10H2,1-4H3/t11?,12-,13?,14+/m0/s1. The minimum atomic E-state index is 0.186. The molecule has 0 aromatic carbocycles. The Hall–Kier alpha value is -0.0400. The Balaban J connectivity index is 2.09. The summed E-state index contributed by atoms with van der Waals surface area (Å²) in [4.78, 5) is 0. The Bertz CT molecular complexity index is 237. The number of hydrogen-bond donors (Lipinski definition) is 0. The fraction of sp³-hybridized carbons (Fsp3) is 1.00. The topological polar surface area (TPSA) is 9.23 Å². The number of unbranched alkanes of at least 4 members (excludes halogenated alkanes) is 1. The first kappa shape index (κ1) is 11.4. The van der Waals surface area contributed by atoms with Crippen LogP contribution in [0.1, 0.15) is 66.2 Å². The smallest absolute Gasteiger partial charge is 0.0690 e. The Labute approximate surface area is 94.6 Å². The fourth-order valence-electron chi connectivity index (χ4n) is 3.61. The summed E-state index contributed by atoms with van der Waals surface area (Å²) in [6, 6.07) is 0. The molecule has 0 aromatic heterocycles. The fourth-order valence-corrected chi connectivity index (χ4v) is 3.61. The molecule has 1 saturated carbocycles. The van der Waals surface area contributed by atoms with Crippen molar-refractivity contribution in [2.45, 2.75) is 77.9 Å². The number of rotatable bonds is 3. The monoisotopic (exact) mass is 210 g/mol. The summed E-state index contributed by atoms with van der Waals surface area (Å²) in [6.07, 6.45) is 8.44. The lowest BCUT2D eigenvalue weighted by Gasteiger charge is -2.38. The predicted octanol–water partition coefficient (Wildman–Crippen LogP) is 4.16. The van der Waals surface area contributed by atoms with E-state index in [9.17, 15) is 0 Å². The van der Waals surface area contributed by atoms with Crippen LogP contribution < -0.4 is 0 Å². The lowest BCUT2D eigenvalue weighted by molar-refractivity contribution is -0.0638. The van der Waals surface area contributed by atoms with E-state index in [4.69, 9.17) is 4.74 Å². The second-order valence-corrected chi connectivity index (χ2v) is 6.33. The normalized spacial score (nSPS) is 49.6. The van der Waals surface area contributed by atoms with Gasteiger partial charge in [0.25, 0.3) is 0 Å². The first-order valence-electron chi connectivity index (χ1n) is 6.68. The van der Waals surface area contributed by atoms with Crippen LogP contribution in [0.2, 0.25) is 0 Å². The van der Waals surface area contributed by atoms with Gasteiger partial charge in [0.15, 0.2) is 0 Å². The van der Waals surface area contributed by atoms with E-state index < -0.39 is 0 Å². The van der Waals surface area contributed by atoms with Crippen LogP contribution >= 0.6 is 0 Å². The Morgan fingerprint density at radius 2 is 2.07 bits per heavy atom. The zero-order chi connectivity index (χ0) is 11.1. The van der Waals surface area contributed by atoms with Gasteiger partial charge < -0.3 is 4.74 Å². The molecule has 0 aromatic rings. The maximum atomic E-state index is 6.39. The van der Waals surface area contributed by atoms with Gasteiger partial charge in [0.1, 0.15) is 0 Å². The summed E-state index contributed by atoms with van der Waals surface area (Å²) in [5, 5.41) is 0. The van der Waals surface area contributed by atoms with Crippen molar-refractivity contribution >= 4 is 0 Å². The van der Waals surface area contributed by atoms with Gasteiger partial charge in [-0.25, -0.2) is 0 Å². The quantitative estimate of drug-likeness (QED) is 0.679. The van der Waals surface area contributed by atoms with E-state index in [1.807, 2.05) is 0 Å². The van der Waals surface area contributed by atoms with Crippen molar-refractivity contribution in [1.29, 1.82) is 0 Å². The second kappa shape index (κ2) is 3.76. The molecule has 2 rings (SSSR count). The molecule has 1 aliphatic carbocycles. The Kier molecular flexibility index (Phi) is 2.87. The van der Waals surface area contributed by atoms with E-state index in [1.54, 1.807) is 0 Å². The highest BCUT2D eigenvalue weighted by Gasteiger charge is 2.55. The third kappa shape index (κ3) is 1.84. The Morgan fingerprint density at radius 1 is 1.33 bits per heavy atom. The van der Waals surface area contributed by atoms with Gasteiger partial charge in [-0.3, -0.25) is 0 Å². The molecule has 2 fully saturated rings. The number of hydrogen-bond acceptors (Lipinski definition) is 1. The van der Waals surface area contributed by atoms with Crippen LogP contribution in [0.4, 0.5) is 0 Å². The highest BCUT2D eigenvalue weighted by atomic mass is 16.5. The molecule has 1 nitrogen and oxygen atoms in total. The summed E-state index contributed by atoms with van der Waals surface area (Å²) in [5.74, 6) is 0.747. The summed E-state index contributed by atoms with van der Waals surface area (Å²) in [6.45, 7) is 9.42. The van der Waals surface area contributed by atoms with E-state index in [0.29, 0.717) is 11.5 Å². The molecule has 88 valence electrons. The van der Waals surface area contributed by atoms with Gasteiger partial charge in [-0.2, -0.15) is 0 Å². The number of ether oxygens (including phenoxy) is 1. The highest BCUT2D eigenvalue weighted by Crippen LogP contribution is 2.56. The van der Waals surface area contributed by atoms with Crippen molar-refractivity contribution in [2.75, 3.05) is 0 Å². The lowest BCUT2D eigenvalue weighted by atomic mass is 9.65. The van der Waals surface area contributed by atoms with Crippen LogP contribution in [-0.4, -0.2) is 11.7 Å². The molecule has 1 heterocycles. The number of fused-ring (bicyclic) bond motifs is 2. The van der Waals surface area contributed by atoms with Gasteiger partial charge in [0.2, 0.25) is 0 Å². The van der Waals surface area contributed by atoms with Crippen LogP contribution in [0.3, 0.4) is 0 Å². The molecule has 2 bridgehead atoms. The average molecular weight is 210 g/mol. The third-order valence-electron chi connectivity index (χ3n) is 4.95. The van der Waals surface area contributed by atoms with E-state index in [1.165, 1.54) is 38.5 Å². The van der Waals surface area contributed by atoms with Crippen LogP contribution in [0.15, 0.2) is 0 Å². The lowest BCUT2D eigenvalue weighted by Crippen LogP contribution is -2.37. The molecule has 15 heavy (non-hydrogen) atoms. The van der Waals surface area contributed by atoms with Gasteiger partial charge in [-0.05, 0) is 43.9 Å². The summed E-state index contributed by atoms with van der Waals surface area (Å²) in [5.41, 5.74) is 0.668. The summed E-state index contributed by atoms with van der Waals surface area (Å²) < 4.78 is 6.39. The Morgan fingerprint density at radius 3 is 2.67 bits per heavy atom. The molecule has 0 spiro atoms. The van der Waals surface area contributed by atoms with Crippen LogP contribution in [0.5, 0.6) is 0 Å². The summed E-state index contributed by atoms with van der Waals surface area (Å²) in [7, 11) is 0. The van der Waals surface area contributed by atoms with Crippen molar-refractivity contribution < 1.29 is 4.74 Å². The first-order valence-corrected chi connectivity index (χ1v) is 6.68. The van der Waals surface area contributed by atoms with Crippen molar-refractivity contribution in [3.63, 3.8) is 0 Å². The maximum Gasteiger partial charge on any atom is 0.0690 e. The molecule has 4 atom stereocenters. The van der Waals surface area contributed by atoms with Crippen molar-refractivity contribution in [3.05, 3.63) is 0 Å². The van der Waals surface area contributed by atoms with E-state index in [0.717, 1.165) is 5.92 Å². The third-order valence-corrected chi connectivity index (χ3v) is 4.95. The molecule has 1 aliphatic heterocycles. The maximum absolute atomic E-state index is 6.39. The highest BCUT2D eigenvalue weighted by molar-refractivity contribution is 5.04. The van der Waals surface area contributed by atoms with E-state index in [2.05, 4.69) is 27.7 Å². The molecule has 0 N–H and O–H groups in total. The van der Waals surface area contributed by atoms with Crippen molar-refractivity contribution in [1.82, 2.24) is 0 Å². The van der Waals surface area contributed by atoms with Gasteiger partial charge in [-0.15, -0.1) is 0 Å². The van der Waals surface area contributed by atoms with Crippen LogP contribution in [0.25, 0.3) is 0 Å². The van der Waals surface area contributed by atoms with E-state index in [-0.39, 0.29) is 5.60 Å². The SMILES string of the molecule is CCCC[C@@H]1O[C@]2(C)CC1(C)CCC2C. The van der Waals surface area contributed by atoms with Gasteiger partial charge in [0.05, 0.1) is 11.7 Å². The molecule has 2 aliphatic rings. The van der Waals surface area contributed by atoms with Gasteiger partial charge in [-0.1, -0.05) is 33.6 Å². The first-order chi connectivity index (χ1) is 7.00. The molecule has 1 heteroatoms. The zero-order valence-electron chi connectivity index (χ0n) is 10.8.